The van der Waals surface area contributed by atoms with Gasteiger partial charge in [-0.2, -0.15) is 11.8 Å². The summed E-state index contributed by atoms with van der Waals surface area (Å²) in [5.41, 5.74) is 8.31. The Balaban J connectivity index is 1.52. The summed E-state index contributed by atoms with van der Waals surface area (Å²) >= 11 is 1.71. The van der Waals surface area contributed by atoms with Crippen LogP contribution in [0.4, 0.5) is 0 Å². The van der Waals surface area contributed by atoms with Crippen molar-refractivity contribution in [1.82, 2.24) is 10.9 Å². The van der Waals surface area contributed by atoms with Gasteiger partial charge < -0.3 is 4.74 Å². The van der Waals surface area contributed by atoms with Gasteiger partial charge in [-0.25, -0.2) is 0 Å². The highest BCUT2D eigenvalue weighted by molar-refractivity contribution is 7.97. The van der Waals surface area contributed by atoms with Crippen LogP contribution in [-0.2, 0) is 10.5 Å². The highest BCUT2D eigenvalue weighted by Crippen LogP contribution is 2.29. The molecule has 0 radical (unpaired) electrons. The van der Waals surface area contributed by atoms with E-state index in [1.165, 1.54) is 0 Å². The molecule has 3 aromatic carbocycles. The van der Waals surface area contributed by atoms with E-state index < -0.39 is 5.91 Å². The Morgan fingerprint density at radius 2 is 1.55 bits per heavy atom. The molecule has 0 aliphatic carbocycles. The molecule has 0 unspecified atom stereocenters. The fraction of sp³-hybridized carbons (Fsp3) is 0.130. The summed E-state index contributed by atoms with van der Waals surface area (Å²) in [6.45, 7) is -0.212. The van der Waals surface area contributed by atoms with Crippen molar-refractivity contribution in [2.75, 3.05) is 12.9 Å². The standard InChI is InChI=1S/C23H22N2O3S/c1-29-16-17-11-13-19(14-12-17)23(27)25-24-22(26)15-28-21-10-6-5-9-20(21)18-7-3-2-4-8-18/h2-14H,15-16H2,1H3,(H,24,26)(H,25,27). The van der Waals surface area contributed by atoms with Crippen molar-refractivity contribution >= 4 is 23.6 Å². The fourth-order valence-electron chi connectivity index (χ4n) is 2.75. The first kappa shape index (κ1) is 20.5. The highest BCUT2D eigenvalue weighted by atomic mass is 32.2. The molecule has 2 amide bonds. The number of amides is 2. The number of nitrogens with one attached hydrogen (secondary N) is 2. The minimum Gasteiger partial charge on any atom is -0.483 e. The van der Waals surface area contributed by atoms with E-state index in [2.05, 4.69) is 10.9 Å². The van der Waals surface area contributed by atoms with Crippen molar-refractivity contribution in [3.05, 3.63) is 90.0 Å². The molecule has 0 fully saturated rings. The molecule has 0 saturated carbocycles. The first-order valence-corrected chi connectivity index (χ1v) is 10.5. The highest BCUT2D eigenvalue weighted by Gasteiger charge is 2.10. The molecule has 0 heterocycles. The first-order chi connectivity index (χ1) is 14.2. The van der Waals surface area contributed by atoms with E-state index in [0.29, 0.717) is 11.3 Å². The summed E-state index contributed by atoms with van der Waals surface area (Å²) in [5.74, 6) is 0.670. The monoisotopic (exact) mass is 406 g/mol. The van der Waals surface area contributed by atoms with Crippen LogP contribution in [0.5, 0.6) is 5.75 Å². The van der Waals surface area contributed by atoms with Gasteiger partial charge in [0.15, 0.2) is 6.61 Å². The van der Waals surface area contributed by atoms with E-state index in [1.807, 2.05) is 73.0 Å². The number of hydrazine groups is 1. The quantitative estimate of drug-likeness (QED) is 0.581. The molecule has 0 atom stereocenters. The molecule has 0 aliphatic heterocycles. The lowest BCUT2D eigenvalue weighted by atomic mass is 10.1. The number of thioether (sulfide) groups is 1. The maximum absolute atomic E-state index is 12.2. The molecule has 0 spiro atoms. The molecule has 0 aromatic heterocycles. The van der Waals surface area contributed by atoms with Gasteiger partial charge in [0.2, 0.25) is 0 Å². The largest absolute Gasteiger partial charge is 0.483 e. The van der Waals surface area contributed by atoms with Crippen molar-refractivity contribution < 1.29 is 14.3 Å². The average Bonchev–Trinajstić information content (AvgIpc) is 2.77. The van der Waals surface area contributed by atoms with Crippen LogP contribution in [0.3, 0.4) is 0 Å². The van der Waals surface area contributed by atoms with Crippen LogP contribution >= 0.6 is 11.8 Å². The van der Waals surface area contributed by atoms with E-state index in [9.17, 15) is 9.59 Å². The number of hydrogen-bond acceptors (Lipinski definition) is 4. The normalized spacial score (nSPS) is 10.2. The SMILES string of the molecule is CSCc1ccc(C(=O)NNC(=O)COc2ccccc2-c2ccccc2)cc1. The lowest BCUT2D eigenvalue weighted by Crippen LogP contribution is -2.43. The van der Waals surface area contributed by atoms with E-state index in [4.69, 9.17) is 4.74 Å². The minimum atomic E-state index is -0.444. The molecular formula is C23H22N2O3S. The smallest absolute Gasteiger partial charge is 0.276 e. The molecule has 6 heteroatoms. The number of benzene rings is 3. The van der Waals surface area contributed by atoms with E-state index in [1.54, 1.807) is 23.9 Å². The van der Waals surface area contributed by atoms with E-state index in [0.717, 1.165) is 22.4 Å². The van der Waals surface area contributed by atoms with Gasteiger partial charge in [0, 0.05) is 16.9 Å². The number of para-hydroxylation sites is 1. The summed E-state index contributed by atoms with van der Waals surface area (Å²) in [7, 11) is 0. The molecule has 3 aromatic rings. The molecule has 5 nitrogen and oxygen atoms in total. The average molecular weight is 407 g/mol. The summed E-state index contributed by atoms with van der Waals surface area (Å²) < 4.78 is 5.67. The number of hydrogen-bond donors (Lipinski definition) is 2. The van der Waals surface area contributed by atoms with Crippen LogP contribution in [-0.4, -0.2) is 24.7 Å². The molecule has 3 rings (SSSR count). The zero-order valence-corrected chi connectivity index (χ0v) is 16.9. The molecule has 0 saturated heterocycles. The molecule has 29 heavy (non-hydrogen) atoms. The third kappa shape index (κ3) is 5.86. The number of ether oxygens (including phenoxy) is 1. The van der Waals surface area contributed by atoms with Gasteiger partial charge in [0.1, 0.15) is 5.75 Å². The van der Waals surface area contributed by atoms with E-state index in [-0.39, 0.29) is 12.5 Å². The number of rotatable bonds is 7. The maximum Gasteiger partial charge on any atom is 0.276 e. The third-order valence-electron chi connectivity index (χ3n) is 4.17. The lowest BCUT2D eigenvalue weighted by Gasteiger charge is -2.12. The van der Waals surface area contributed by atoms with Crippen LogP contribution in [0.1, 0.15) is 15.9 Å². The van der Waals surface area contributed by atoms with Crippen molar-refractivity contribution in [2.24, 2.45) is 0 Å². The van der Waals surface area contributed by atoms with Crippen molar-refractivity contribution in [1.29, 1.82) is 0 Å². The zero-order valence-electron chi connectivity index (χ0n) is 16.1. The van der Waals surface area contributed by atoms with Crippen LogP contribution in [0.25, 0.3) is 11.1 Å². The second-order valence-electron chi connectivity index (χ2n) is 6.28. The first-order valence-electron chi connectivity index (χ1n) is 9.11. The molecule has 0 bridgehead atoms. The topological polar surface area (TPSA) is 67.4 Å². The summed E-state index contributed by atoms with van der Waals surface area (Å²) in [6.07, 6.45) is 2.02. The van der Waals surface area contributed by atoms with Crippen LogP contribution in [0.15, 0.2) is 78.9 Å². The van der Waals surface area contributed by atoms with E-state index >= 15 is 0 Å². The van der Waals surface area contributed by atoms with Crippen LogP contribution < -0.4 is 15.6 Å². The second-order valence-corrected chi connectivity index (χ2v) is 7.15. The summed E-state index contributed by atoms with van der Waals surface area (Å²) in [4.78, 5) is 24.2. The summed E-state index contributed by atoms with van der Waals surface area (Å²) in [5, 5.41) is 0. The lowest BCUT2D eigenvalue weighted by molar-refractivity contribution is -0.123. The Bertz CT molecular complexity index is 959. The Kier molecular flexibility index (Phi) is 7.30. The number of carbonyl (C=O) groups excluding carboxylic acids is 2. The predicted octanol–water partition coefficient (Wildman–Crippen LogP) is 4.06. The third-order valence-corrected chi connectivity index (χ3v) is 4.80. The Morgan fingerprint density at radius 3 is 2.28 bits per heavy atom. The second kappa shape index (κ2) is 10.3. The van der Waals surface area contributed by atoms with Gasteiger partial charge in [-0.3, -0.25) is 20.4 Å². The Hall–Kier alpha value is -3.25. The van der Waals surface area contributed by atoms with Gasteiger partial charge in [0.25, 0.3) is 11.8 Å². The maximum atomic E-state index is 12.2. The van der Waals surface area contributed by atoms with Gasteiger partial charge in [-0.1, -0.05) is 60.7 Å². The Morgan fingerprint density at radius 1 is 0.862 bits per heavy atom. The van der Waals surface area contributed by atoms with Crippen molar-refractivity contribution in [3.8, 4) is 16.9 Å². The predicted molar refractivity (Wildman–Crippen MR) is 117 cm³/mol. The van der Waals surface area contributed by atoms with Crippen molar-refractivity contribution in [2.45, 2.75) is 5.75 Å². The summed E-state index contributed by atoms with van der Waals surface area (Å²) in [6, 6.07) is 24.6. The van der Waals surface area contributed by atoms with Gasteiger partial charge in [-0.15, -0.1) is 0 Å². The zero-order chi connectivity index (χ0) is 20.5. The minimum absolute atomic E-state index is 0.212. The molecular weight excluding hydrogens is 384 g/mol. The fourth-order valence-corrected chi connectivity index (χ4v) is 3.27. The molecule has 0 aliphatic rings. The van der Waals surface area contributed by atoms with Gasteiger partial charge >= 0.3 is 0 Å². The molecule has 148 valence electrons. The van der Waals surface area contributed by atoms with Gasteiger partial charge in [0.05, 0.1) is 0 Å². The molecule has 2 N–H and O–H groups in total. The Labute approximate surface area is 174 Å². The van der Waals surface area contributed by atoms with Crippen molar-refractivity contribution in [3.63, 3.8) is 0 Å². The van der Waals surface area contributed by atoms with Crippen LogP contribution in [0.2, 0.25) is 0 Å². The van der Waals surface area contributed by atoms with Gasteiger partial charge in [-0.05, 0) is 35.6 Å². The van der Waals surface area contributed by atoms with Crippen LogP contribution in [0, 0.1) is 0 Å². The number of carbonyl (C=O) groups is 2.